The van der Waals surface area contributed by atoms with Gasteiger partial charge in [-0.3, -0.25) is 14.4 Å². The zero-order valence-electron chi connectivity index (χ0n) is 27.3. The number of amides is 3. The summed E-state index contributed by atoms with van der Waals surface area (Å²) in [5, 5.41) is 6.95. The summed E-state index contributed by atoms with van der Waals surface area (Å²) in [5.74, 6) is 0.671. The highest BCUT2D eigenvalue weighted by atomic mass is 32.1. The molecule has 10 heteroatoms. The Bertz CT molecular complexity index is 2050. The Balaban J connectivity index is 0.932. The zero-order chi connectivity index (χ0) is 33.4. The molecule has 0 radical (unpaired) electrons. The zero-order valence-corrected chi connectivity index (χ0v) is 28.1. The van der Waals surface area contributed by atoms with Crippen LogP contribution in [0, 0.1) is 6.92 Å². The number of carbonyl (C=O) groups is 3. The lowest BCUT2D eigenvalue weighted by Gasteiger charge is -2.35. The molecular formula is C38H38N4O5S. The number of ether oxygens (including phenoxy) is 2. The van der Waals surface area contributed by atoms with Crippen LogP contribution in [0.5, 0.6) is 11.5 Å². The van der Waals surface area contributed by atoms with Gasteiger partial charge in [0.15, 0.2) is 11.5 Å². The van der Waals surface area contributed by atoms with Crippen molar-refractivity contribution in [3.63, 3.8) is 0 Å². The largest absolute Gasteiger partial charge is 0.493 e. The third-order valence-corrected chi connectivity index (χ3v) is 10.2. The number of aryl methyl sites for hydroxylation is 3. The van der Waals surface area contributed by atoms with Crippen molar-refractivity contribution in [3.05, 3.63) is 106 Å². The van der Waals surface area contributed by atoms with Crippen LogP contribution in [0.15, 0.2) is 72.9 Å². The summed E-state index contributed by atoms with van der Waals surface area (Å²) >= 11 is 1.72. The maximum atomic E-state index is 13.7. The van der Waals surface area contributed by atoms with E-state index in [1.807, 2.05) is 35.2 Å². The number of methoxy groups -OCH3 is 1. The quantitative estimate of drug-likeness (QED) is 0.164. The van der Waals surface area contributed by atoms with Crippen molar-refractivity contribution in [1.82, 2.24) is 9.47 Å². The Morgan fingerprint density at radius 1 is 0.958 bits per heavy atom. The van der Waals surface area contributed by atoms with Gasteiger partial charge < -0.3 is 29.6 Å². The predicted octanol–water partition coefficient (Wildman–Crippen LogP) is 7.12. The summed E-state index contributed by atoms with van der Waals surface area (Å²) in [7, 11) is 3.34. The van der Waals surface area contributed by atoms with Gasteiger partial charge in [0.1, 0.15) is 5.69 Å². The molecular weight excluding hydrogens is 625 g/mol. The molecule has 5 aromatic rings. The number of nitrogens with zero attached hydrogens (tertiary/aromatic N) is 2. The third-order valence-electron chi connectivity index (χ3n) is 9.21. The highest BCUT2D eigenvalue weighted by Crippen LogP contribution is 2.37. The first-order valence-electron chi connectivity index (χ1n) is 16.2. The Morgan fingerprint density at radius 2 is 1.79 bits per heavy atom. The second-order valence-corrected chi connectivity index (χ2v) is 13.8. The minimum absolute atomic E-state index is 0.0278. The molecule has 2 N–H and O–H groups in total. The van der Waals surface area contributed by atoms with E-state index in [0.29, 0.717) is 48.0 Å². The van der Waals surface area contributed by atoms with Gasteiger partial charge >= 0.3 is 0 Å². The molecule has 9 nitrogen and oxygen atoms in total. The van der Waals surface area contributed by atoms with Gasteiger partial charge in [-0.05, 0) is 97.1 Å². The average molecular weight is 663 g/mol. The summed E-state index contributed by atoms with van der Waals surface area (Å²) in [4.78, 5) is 42.7. The van der Waals surface area contributed by atoms with Crippen LogP contribution in [-0.2, 0) is 31.2 Å². The molecule has 0 saturated heterocycles. The van der Waals surface area contributed by atoms with E-state index in [1.54, 1.807) is 48.4 Å². The average Bonchev–Trinajstić information content (AvgIpc) is 3.61. The standard InChI is InChI=1S/C38H38N4O5S/c1-23-15-27-16-28(11-13-35(27)48-23)40-37(44)32-19-29(22-41(32)2)39-36(43)9-6-14-47-34-18-25-10-12-30-17-24-7-4-5-8-26(24)21-42(30)38(45)31(25)20-33(34)46-3/h4-5,7-8,11,13,15-16,18-20,22,30H,6,9-10,12,14,17,21H2,1-3H3,(H,39,43)(H,40,44)/t30-/m1/s1. The van der Waals surface area contributed by atoms with Crippen LogP contribution in [0.3, 0.4) is 0 Å². The molecule has 1 atom stereocenters. The van der Waals surface area contributed by atoms with Crippen molar-refractivity contribution in [2.45, 2.75) is 51.6 Å². The number of thiophene rings is 1. The summed E-state index contributed by atoms with van der Waals surface area (Å²) in [5.41, 5.74) is 5.85. The molecule has 2 aromatic heterocycles. The van der Waals surface area contributed by atoms with Gasteiger partial charge in [0.25, 0.3) is 11.8 Å². The molecule has 246 valence electrons. The molecule has 48 heavy (non-hydrogen) atoms. The molecule has 2 aliphatic heterocycles. The number of benzene rings is 3. The van der Waals surface area contributed by atoms with Crippen LogP contribution in [0.2, 0.25) is 0 Å². The van der Waals surface area contributed by atoms with E-state index in [-0.39, 0.29) is 30.2 Å². The van der Waals surface area contributed by atoms with Crippen LogP contribution >= 0.6 is 11.3 Å². The van der Waals surface area contributed by atoms with Crippen molar-refractivity contribution >= 4 is 50.5 Å². The van der Waals surface area contributed by atoms with E-state index in [2.05, 4.69) is 41.8 Å². The summed E-state index contributed by atoms with van der Waals surface area (Å²) in [6, 6.07) is 21.9. The van der Waals surface area contributed by atoms with E-state index >= 15 is 0 Å². The van der Waals surface area contributed by atoms with Gasteiger partial charge in [-0.25, -0.2) is 0 Å². The van der Waals surface area contributed by atoms with Gasteiger partial charge in [-0.1, -0.05) is 24.3 Å². The highest BCUT2D eigenvalue weighted by Gasteiger charge is 2.34. The Labute approximate surface area is 283 Å². The number of aromatic nitrogens is 1. The maximum absolute atomic E-state index is 13.7. The molecule has 0 bridgehead atoms. The van der Waals surface area contributed by atoms with Crippen LogP contribution in [0.25, 0.3) is 10.1 Å². The van der Waals surface area contributed by atoms with Crippen LogP contribution < -0.4 is 20.1 Å². The Kier molecular flexibility index (Phi) is 8.66. The first-order chi connectivity index (χ1) is 23.2. The van der Waals surface area contributed by atoms with Crippen molar-refractivity contribution < 1.29 is 23.9 Å². The number of anilines is 2. The van der Waals surface area contributed by atoms with Crippen molar-refractivity contribution in [3.8, 4) is 11.5 Å². The molecule has 0 aliphatic carbocycles. The topological polar surface area (TPSA) is 102 Å². The van der Waals surface area contributed by atoms with E-state index in [0.717, 1.165) is 35.9 Å². The fourth-order valence-electron chi connectivity index (χ4n) is 6.79. The highest BCUT2D eigenvalue weighted by molar-refractivity contribution is 7.19. The lowest BCUT2D eigenvalue weighted by atomic mass is 9.92. The number of fused-ring (bicyclic) bond motifs is 4. The number of rotatable bonds is 9. The molecule has 0 spiro atoms. The Hall–Kier alpha value is -5.09. The molecule has 0 fully saturated rings. The van der Waals surface area contributed by atoms with Gasteiger partial charge in [0.05, 0.1) is 19.4 Å². The molecule has 4 heterocycles. The molecule has 0 unspecified atom stereocenters. The molecule has 0 saturated carbocycles. The van der Waals surface area contributed by atoms with E-state index in [1.165, 1.54) is 20.7 Å². The lowest BCUT2D eigenvalue weighted by molar-refractivity contribution is -0.116. The minimum atomic E-state index is -0.254. The normalized spacial score (nSPS) is 15.3. The van der Waals surface area contributed by atoms with Crippen molar-refractivity contribution in [2.24, 2.45) is 7.05 Å². The lowest BCUT2D eigenvalue weighted by Crippen LogP contribution is -2.43. The summed E-state index contributed by atoms with van der Waals surface area (Å²) in [6.45, 7) is 2.98. The number of nitrogens with one attached hydrogen (secondary N) is 2. The number of hydrogen-bond donors (Lipinski definition) is 2. The monoisotopic (exact) mass is 662 g/mol. The minimum Gasteiger partial charge on any atom is -0.493 e. The molecule has 3 amide bonds. The second-order valence-electron chi connectivity index (χ2n) is 12.5. The fraction of sp³-hybridized carbons (Fsp3) is 0.289. The Morgan fingerprint density at radius 3 is 2.62 bits per heavy atom. The smallest absolute Gasteiger partial charge is 0.272 e. The first kappa shape index (κ1) is 31.5. The number of carbonyl (C=O) groups excluding carboxylic acids is 3. The molecule has 7 rings (SSSR count). The predicted molar refractivity (Wildman–Crippen MR) is 188 cm³/mol. The summed E-state index contributed by atoms with van der Waals surface area (Å²) < 4.78 is 14.6. The summed E-state index contributed by atoms with van der Waals surface area (Å²) in [6.07, 6.45) is 4.95. The number of hydrogen-bond acceptors (Lipinski definition) is 6. The van der Waals surface area contributed by atoms with Gasteiger partial charge in [-0.2, -0.15) is 0 Å². The first-order valence-corrected chi connectivity index (χ1v) is 17.1. The van der Waals surface area contributed by atoms with E-state index in [9.17, 15) is 14.4 Å². The molecule has 2 aliphatic rings. The van der Waals surface area contributed by atoms with Crippen LogP contribution in [0.4, 0.5) is 11.4 Å². The van der Waals surface area contributed by atoms with Crippen LogP contribution in [-0.4, -0.2) is 46.9 Å². The maximum Gasteiger partial charge on any atom is 0.272 e. The second kappa shape index (κ2) is 13.2. The fourth-order valence-corrected chi connectivity index (χ4v) is 7.69. The molecule has 3 aromatic carbocycles. The van der Waals surface area contributed by atoms with Gasteiger partial charge in [0.2, 0.25) is 5.91 Å². The SMILES string of the molecule is COc1cc2c(cc1OCCCC(=O)Nc1cc(C(=O)Nc3ccc4sc(C)cc4c3)n(C)c1)CC[C@@H]1Cc3ccccc3CN1C2=O. The van der Waals surface area contributed by atoms with E-state index in [4.69, 9.17) is 9.47 Å². The van der Waals surface area contributed by atoms with Gasteiger partial charge in [0, 0.05) is 53.1 Å². The van der Waals surface area contributed by atoms with Crippen molar-refractivity contribution in [2.75, 3.05) is 24.4 Å². The van der Waals surface area contributed by atoms with Crippen LogP contribution in [0.1, 0.15) is 61.7 Å². The third kappa shape index (κ3) is 6.40. The van der Waals surface area contributed by atoms with E-state index < -0.39 is 0 Å². The van der Waals surface area contributed by atoms with Gasteiger partial charge in [-0.15, -0.1) is 11.3 Å². The van der Waals surface area contributed by atoms with Crippen molar-refractivity contribution in [1.29, 1.82) is 0 Å².